The molecule has 3 nitrogen and oxygen atoms in total. The third-order valence-electron chi connectivity index (χ3n) is 6.38. The fourth-order valence-electron chi connectivity index (χ4n) is 4.92. The van der Waals surface area contributed by atoms with Crippen molar-refractivity contribution in [3.8, 4) is 0 Å². The Balaban J connectivity index is 1.25. The van der Waals surface area contributed by atoms with Crippen LogP contribution in [0.25, 0.3) is 0 Å². The van der Waals surface area contributed by atoms with Crippen LogP contribution >= 0.6 is 11.3 Å². The molecule has 3 heterocycles. The highest BCUT2D eigenvalue weighted by Gasteiger charge is 2.36. The van der Waals surface area contributed by atoms with E-state index in [9.17, 15) is 0 Å². The summed E-state index contributed by atoms with van der Waals surface area (Å²) in [6.07, 6.45) is 5.17. The molecule has 0 bridgehead atoms. The van der Waals surface area contributed by atoms with Gasteiger partial charge in [0.25, 0.3) is 0 Å². The number of likely N-dealkylation sites (tertiary alicyclic amines) is 2. The zero-order valence-corrected chi connectivity index (χ0v) is 16.3. The molecule has 2 aliphatic heterocycles. The van der Waals surface area contributed by atoms with Crippen LogP contribution in [0.1, 0.15) is 40.5 Å². The van der Waals surface area contributed by atoms with Gasteiger partial charge in [0.1, 0.15) is 0 Å². The Hall–Kier alpha value is -1.20. The molecule has 3 aliphatic rings. The highest BCUT2D eigenvalue weighted by atomic mass is 32.1. The van der Waals surface area contributed by atoms with Gasteiger partial charge in [-0.1, -0.05) is 24.3 Å². The second-order valence-corrected chi connectivity index (χ2v) is 9.05. The second kappa shape index (κ2) is 7.43. The number of hydrogen-bond donors (Lipinski definition) is 1. The molecule has 2 aromatic rings. The van der Waals surface area contributed by atoms with E-state index < -0.39 is 0 Å². The molecule has 1 N–H and O–H groups in total. The first-order valence-electron chi connectivity index (χ1n) is 10.2. The van der Waals surface area contributed by atoms with E-state index in [1.807, 2.05) is 11.3 Å². The number of nitrogens with zero attached hydrogens (tertiary/aromatic N) is 2. The van der Waals surface area contributed by atoms with E-state index in [0.29, 0.717) is 12.1 Å². The number of thiophene rings is 1. The minimum atomic E-state index is 0.464. The van der Waals surface area contributed by atoms with Crippen LogP contribution in [0.3, 0.4) is 0 Å². The van der Waals surface area contributed by atoms with Gasteiger partial charge in [-0.25, -0.2) is 0 Å². The summed E-state index contributed by atoms with van der Waals surface area (Å²) in [5.74, 6) is 0. The van der Waals surface area contributed by atoms with Crippen molar-refractivity contribution in [1.82, 2.24) is 15.1 Å². The van der Waals surface area contributed by atoms with Gasteiger partial charge in [-0.3, -0.25) is 4.90 Å². The normalized spacial score (nSPS) is 24.1. The molecule has 0 spiro atoms. The van der Waals surface area contributed by atoms with E-state index in [-0.39, 0.29) is 0 Å². The standard InChI is InChI=1S/C22H29N3S/c1-2-6-19-17(5-1)7-8-21-20(9-14-26-21)22(19)25-15-18(16-25)23-10-13-24-11-3-4-12-24/h1-2,5-6,9,14,18,22-23H,3-4,7-8,10-13,15-16H2. The van der Waals surface area contributed by atoms with E-state index in [4.69, 9.17) is 0 Å². The Labute approximate surface area is 161 Å². The SMILES string of the molecule is c1ccc2c(c1)CCc1sccc1C2N1CC(NCCN2CCCC2)C1. The van der Waals surface area contributed by atoms with Gasteiger partial charge < -0.3 is 10.2 Å². The van der Waals surface area contributed by atoms with Crippen LogP contribution in [0, 0.1) is 0 Å². The van der Waals surface area contributed by atoms with Crippen LogP contribution < -0.4 is 5.32 Å². The summed E-state index contributed by atoms with van der Waals surface area (Å²) in [5, 5.41) is 6.08. The van der Waals surface area contributed by atoms with Crippen molar-refractivity contribution in [2.45, 2.75) is 37.8 Å². The number of benzene rings is 1. The largest absolute Gasteiger partial charge is 0.310 e. The first-order valence-corrected chi connectivity index (χ1v) is 11.1. The second-order valence-electron chi connectivity index (χ2n) is 8.05. The molecule has 26 heavy (non-hydrogen) atoms. The first kappa shape index (κ1) is 16.9. The quantitative estimate of drug-likeness (QED) is 0.875. The van der Waals surface area contributed by atoms with Gasteiger partial charge in [-0.15, -0.1) is 11.3 Å². The molecule has 0 radical (unpaired) electrons. The van der Waals surface area contributed by atoms with Crippen molar-refractivity contribution in [1.29, 1.82) is 0 Å². The molecule has 0 amide bonds. The van der Waals surface area contributed by atoms with Crippen molar-refractivity contribution in [2.24, 2.45) is 0 Å². The van der Waals surface area contributed by atoms with Gasteiger partial charge in [0.05, 0.1) is 6.04 Å². The molecule has 1 aliphatic carbocycles. The average molecular weight is 368 g/mol. The minimum Gasteiger partial charge on any atom is -0.310 e. The number of nitrogens with one attached hydrogen (secondary N) is 1. The van der Waals surface area contributed by atoms with Gasteiger partial charge in [-0.2, -0.15) is 0 Å². The predicted octanol–water partition coefficient (Wildman–Crippen LogP) is 3.31. The predicted molar refractivity (Wildman–Crippen MR) is 109 cm³/mol. The highest BCUT2D eigenvalue weighted by Crippen LogP contribution is 2.40. The lowest BCUT2D eigenvalue weighted by Gasteiger charge is -2.45. The minimum absolute atomic E-state index is 0.464. The maximum atomic E-state index is 3.79. The van der Waals surface area contributed by atoms with Crippen LogP contribution in [0.5, 0.6) is 0 Å². The van der Waals surface area contributed by atoms with Crippen molar-refractivity contribution < 1.29 is 0 Å². The number of rotatable bonds is 5. The van der Waals surface area contributed by atoms with Gasteiger partial charge in [0.15, 0.2) is 0 Å². The number of fused-ring (bicyclic) bond motifs is 2. The molecular weight excluding hydrogens is 338 g/mol. The van der Waals surface area contributed by atoms with Gasteiger partial charge in [0, 0.05) is 37.1 Å². The van der Waals surface area contributed by atoms with E-state index >= 15 is 0 Å². The van der Waals surface area contributed by atoms with Crippen LogP contribution in [-0.4, -0.2) is 55.1 Å². The van der Waals surface area contributed by atoms with Gasteiger partial charge in [0.2, 0.25) is 0 Å². The molecule has 1 atom stereocenters. The smallest absolute Gasteiger partial charge is 0.0616 e. The fraction of sp³-hybridized carbons (Fsp3) is 0.545. The number of aryl methyl sites for hydroxylation is 2. The fourth-order valence-corrected chi connectivity index (χ4v) is 5.84. The average Bonchev–Trinajstić information content (AvgIpc) is 3.28. The molecular formula is C22H29N3S. The van der Waals surface area contributed by atoms with Crippen molar-refractivity contribution >= 4 is 11.3 Å². The Morgan fingerprint density at radius 2 is 1.85 bits per heavy atom. The highest BCUT2D eigenvalue weighted by molar-refractivity contribution is 7.10. The molecule has 138 valence electrons. The summed E-state index contributed by atoms with van der Waals surface area (Å²) in [5.41, 5.74) is 4.65. The Morgan fingerprint density at radius 3 is 2.73 bits per heavy atom. The topological polar surface area (TPSA) is 18.5 Å². The zero-order valence-electron chi connectivity index (χ0n) is 15.5. The van der Waals surface area contributed by atoms with E-state index in [1.165, 1.54) is 58.4 Å². The summed E-state index contributed by atoms with van der Waals surface area (Å²) < 4.78 is 0. The van der Waals surface area contributed by atoms with Crippen molar-refractivity contribution in [2.75, 3.05) is 39.3 Å². The lowest BCUT2D eigenvalue weighted by Crippen LogP contribution is -2.59. The van der Waals surface area contributed by atoms with Gasteiger partial charge >= 0.3 is 0 Å². The van der Waals surface area contributed by atoms with Crippen LogP contribution in [-0.2, 0) is 12.8 Å². The molecule has 4 heteroatoms. The molecule has 2 fully saturated rings. The van der Waals surface area contributed by atoms with Crippen molar-refractivity contribution in [3.63, 3.8) is 0 Å². The molecule has 1 aromatic carbocycles. The monoisotopic (exact) mass is 367 g/mol. The molecule has 2 saturated heterocycles. The maximum Gasteiger partial charge on any atom is 0.0616 e. The van der Waals surface area contributed by atoms with Crippen LogP contribution in [0.15, 0.2) is 35.7 Å². The maximum absolute atomic E-state index is 3.79. The summed E-state index contributed by atoms with van der Waals surface area (Å²) >= 11 is 1.95. The molecule has 5 rings (SSSR count). The Morgan fingerprint density at radius 1 is 1.00 bits per heavy atom. The van der Waals surface area contributed by atoms with Gasteiger partial charge in [-0.05, 0) is 66.9 Å². The van der Waals surface area contributed by atoms with Crippen molar-refractivity contribution in [3.05, 3.63) is 57.3 Å². The third-order valence-corrected chi connectivity index (χ3v) is 7.38. The summed E-state index contributed by atoms with van der Waals surface area (Å²) in [6.45, 7) is 7.32. The van der Waals surface area contributed by atoms with Crippen LogP contribution in [0.2, 0.25) is 0 Å². The molecule has 1 aromatic heterocycles. The van der Waals surface area contributed by atoms with Crippen LogP contribution in [0.4, 0.5) is 0 Å². The lowest BCUT2D eigenvalue weighted by atomic mass is 9.92. The van der Waals surface area contributed by atoms with E-state index in [1.54, 1.807) is 21.6 Å². The summed E-state index contributed by atoms with van der Waals surface area (Å²) in [7, 11) is 0. The lowest BCUT2D eigenvalue weighted by molar-refractivity contribution is 0.0917. The molecule has 1 unspecified atom stereocenters. The Bertz CT molecular complexity index is 743. The summed E-state index contributed by atoms with van der Waals surface area (Å²) in [4.78, 5) is 6.88. The van der Waals surface area contributed by atoms with E-state index in [0.717, 1.165) is 6.54 Å². The van der Waals surface area contributed by atoms with E-state index in [2.05, 4.69) is 50.8 Å². The molecule has 0 saturated carbocycles. The summed E-state index contributed by atoms with van der Waals surface area (Å²) in [6, 6.07) is 12.6. The Kier molecular flexibility index (Phi) is 4.84. The third kappa shape index (κ3) is 3.24. The first-order chi connectivity index (χ1) is 12.9. The zero-order chi connectivity index (χ0) is 17.3. The number of hydrogen-bond acceptors (Lipinski definition) is 4.